The van der Waals surface area contributed by atoms with Gasteiger partial charge >= 0.3 is 0 Å². The predicted molar refractivity (Wildman–Crippen MR) is 249 cm³/mol. The van der Waals surface area contributed by atoms with Crippen molar-refractivity contribution in [3.05, 3.63) is 101 Å². The second-order valence-electron chi connectivity index (χ2n) is 16.7. The lowest BCUT2D eigenvalue weighted by Gasteiger charge is -2.32. The molecule has 0 bridgehead atoms. The fourth-order valence-electron chi connectivity index (χ4n) is 8.11. The zero-order valence-corrected chi connectivity index (χ0v) is 38.7. The number of morpholine rings is 1. The van der Waals surface area contributed by atoms with Gasteiger partial charge in [0.1, 0.15) is 18.1 Å². The molecule has 3 aromatic carbocycles. The van der Waals surface area contributed by atoms with E-state index in [0.29, 0.717) is 83.7 Å². The zero-order valence-electron chi connectivity index (χ0n) is 37.9. The molecule has 6 rings (SSSR count). The predicted octanol–water partition coefficient (Wildman–Crippen LogP) is 5.96. The Morgan fingerprint density at radius 3 is 2.14 bits per heavy atom. The van der Waals surface area contributed by atoms with Crippen LogP contribution in [0.1, 0.15) is 82.8 Å². The summed E-state index contributed by atoms with van der Waals surface area (Å²) in [6.45, 7) is 8.32. The molecule has 3 heterocycles. The summed E-state index contributed by atoms with van der Waals surface area (Å²) in [5.74, 6) is -5.34. The van der Waals surface area contributed by atoms with Gasteiger partial charge < -0.3 is 40.5 Å². The number of amides is 5. The van der Waals surface area contributed by atoms with Crippen molar-refractivity contribution in [2.24, 2.45) is 5.92 Å². The summed E-state index contributed by atoms with van der Waals surface area (Å²) in [5, 5.41) is 14.1. The van der Waals surface area contributed by atoms with E-state index in [9.17, 15) is 32.8 Å². The van der Waals surface area contributed by atoms with Crippen molar-refractivity contribution in [3.8, 4) is 17.0 Å². The molecule has 0 radical (unpaired) electrons. The first-order chi connectivity index (χ1) is 32.0. The molecule has 17 heteroatoms. The number of halogens is 2. The van der Waals surface area contributed by atoms with E-state index in [1.807, 2.05) is 67.6 Å². The van der Waals surface area contributed by atoms with Gasteiger partial charge in [0.25, 0.3) is 5.91 Å². The number of ether oxygens (including phenoxy) is 2. The molecule has 2 fully saturated rings. The number of rotatable bonds is 22. The second-order valence-corrected chi connectivity index (χ2v) is 17.5. The highest BCUT2D eigenvalue weighted by molar-refractivity contribution is 7.14. The number of nitrogens with one attached hydrogen (secondary N) is 4. The van der Waals surface area contributed by atoms with Crippen LogP contribution in [0.5, 0.6) is 5.75 Å². The van der Waals surface area contributed by atoms with Gasteiger partial charge in [0.15, 0.2) is 23.3 Å². The summed E-state index contributed by atoms with van der Waals surface area (Å²) in [6, 6.07) is 18.7. The molecule has 2 aliphatic rings. The van der Waals surface area contributed by atoms with Gasteiger partial charge in [-0.15, -0.1) is 11.3 Å². The van der Waals surface area contributed by atoms with Crippen LogP contribution in [-0.2, 0) is 28.7 Å². The van der Waals surface area contributed by atoms with E-state index in [4.69, 9.17) is 9.47 Å². The van der Waals surface area contributed by atoms with Gasteiger partial charge in [-0.25, -0.2) is 9.37 Å². The summed E-state index contributed by atoms with van der Waals surface area (Å²) in [5.41, 5.74) is 2.32. The van der Waals surface area contributed by atoms with Crippen LogP contribution < -0.4 is 30.9 Å². The van der Waals surface area contributed by atoms with Crippen LogP contribution in [0.15, 0.2) is 78.2 Å². The van der Waals surface area contributed by atoms with E-state index in [1.54, 1.807) is 19.2 Å². The van der Waals surface area contributed by atoms with Crippen molar-refractivity contribution in [2.45, 2.75) is 89.8 Å². The van der Waals surface area contributed by atoms with Gasteiger partial charge in [-0.05, 0) is 62.3 Å². The topological polar surface area (TPSA) is 171 Å². The lowest BCUT2D eigenvalue weighted by Crippen LogP contribution is -2.57. The fraction of sp³-hybridized carbons (Fsp3) is 0.469. The third kappa shape index (κ3) is 13.1. The van der Waals surface area contributed by atoms with Crippen LogP contribution in [-0.4, -0.2) is 110 Å². The number of thiazole rings is 1. The van der Waals surface area contributed by atoms with Gasteiger partial charge in [-0.3, -0.25) is 24.0 Å². The largest absolute Gasteiger partial charge is 0.480 e. The Balaban J connectivity index is 1.00. The number of anilines is 1. The first-order valence-electron chi connectivity index (χ1n) is 22.9. The molecule has 0 spiro atoms. The zero-order chi connectivity index (χ0) is 47.0. The Morgan fingerprint density at radius 1 is 0.833 bits per heavy atom. The molecule has 0 aliphatic carbocycles. The molecule has 1 aromatic heterocycles. The first-order valence-corrected chi connectivity index (χ1v) is 23.8. The summed E-state index contributed by atoms with van der Waals surface area (Å²) in [6.07, 6.45) is 4.37. The normalized spacial score (nSPS) is 16.3. The summed E-state index contributed by atoms with van der Waals surface area (Å²) >= 11 is 1.38. The van der Waals surface area contributed by atoms with Crippen molar-refractivity contribution in [1.82, 2.24) is 31.2 Å². The minimum atomic E-state index is -1.19. The van der Waals surface area contributed by atoms with Gasteiger partial charge in [0.2, 0.25) is 29.4 Å². The van der Waals surface area contributed by atoms with Gasteiger partial charge in [-0.1, -0.05) is 87.4 Å². The molecule has 2 saturated heterocycles. The van der Waals surface area contributed by atoms with E-state index >= 15 is 0 Å². The Labute approximate surface area is 389 Å². The van der Waals surface area contributed by atoms with E-state index in [1.165, 1.54) is 22.3 Å². The Morgan fingerprint density at radius 2 is 1.48 bits per heavy atom. The molecule has 0 saturated carbocycles. The standard InChI is InChI=1S/C49H61F2N7O7S/c1-4-32(2)45(60)54-33(3)48(63)58-25-15-20-39(58)46(61)56-43(41(34-16-9-7-10-17-34)35-18-11-8-12-19-35)47(62)53-24-14-6-5-13-23-52-40(59)30-65-44-36(21-22-37(50)42(44)51)38-31-66-49(55-38)57-26-28-64-29-27-57/h7-12,16-19,21-22,31-33,39,41,43H,4-6,13-15,20,23-30H2,1-3H3,(H,52,59)(H,53,62)(H,54,60)(H,56,61)/t32-,33+,39?,43+/m1/s1. The van der Waals surface area contributed by atoms with Crippen molar-refractivity contribution >= 4 is 46.0 Å². The number of hydrogen-bond acceptors (Lipinski definition) is 10. The number of carbonyl (C=O) groups is 5. The summed E-state index contributed by atoms with van der Waals surface area (Å²) < 4.78 is 40.3. The molecule has 4 aromatic rings. The van der Waals surface area contributed by atoms with Gasteiger partial charge in [-0.2, -0.15) is 4.39 Å². The molecule has 14 nitrogen and oxygen atoms in total. The highest BCUT2D eigenvalue weighted by atomic mass is 32.1. The van der Waals surface area contributed by atoms with Crippen molar-refractivity contribution in [3.63, 3.8) is 0 Å². The SMILES string of the molecule is CC[C@@H](C)C(=O)N[C@@H](C)C(=O)N1CCCC1C(=O)N[C@H](C(=O)NCCCCCCNC(=O)COc1c(-c2csc(N3CCOCC3)n2)ccc(F)c1F)C(c1ccccc1)c1ccccc1. The minimum Gasteiger partial charge on any atom is -0.480 e. The number of hydrogen-bond donors (Lipinski definition) is 4. The molecule has 1 unspecified atom stereocenters. The van der Waals surface area contributed by atoms with E-state index in [2.05, 4.69) is 31.2 Å². The fourth-order valence-corrected chi connectivity index (χ4v) is 8.99. The monoisotopic (exact) mass is 929 g/mol. The highest BCUT2D eigenvalue weighted by Gasteiger charge is 2.40. The maximum absolute atomic E-state index is 15.0. The van der Waals surface area contributed by atoms with Crippen LogP contribution in [0.3, 0.4) is 0 Å². The highest BCUT2D eigenvalue weighted by Crippen LogP contribution is 2.37. The number of carbonyl (C=O) groups excluding carboxylic acids is 5. The maximum atomic E-state index is 15.0. The maximum Gasteiger partial charge on any atom is 0.257 e. The molecule has 4 N–H and O–H groups in total. The first kappa shape index (κ1) is 49.5. The molecule has 2 aliphatic heterocycles. The Bertz CT molecular complexity index is 2210. The van der Waals surface area contributed by atoms with Crippen LogP contribution in [0.25, 0.3) is 11.3 Å². The number of likely N-dealkylation sites (tertiary alicyclic amines) is 1. The van der Waals surface area contributed by atoms with Crippen LogP contribution >= 0.6 is 11.3 Å². The molecule has 66 heavy (non-hydrogen) atoms. The molecule has 4 atom stereocenters. The lowest BCUT2D eigenvalue weighted by atomic mass is 9.84. The molecular weight excluding hydrogens is 869 g/mol. The van der Waals surface area contributed by atoms with Gasteiger partial charge in [0.05, 0.1) is 18.9 Å². The average Bonchev–Trinajstić information content (AvgIpc) is 4.04. The number of unbranched alkanes of at least 4 members (excludes halogenated alkanes) is 3. The molecular formula is C49H61F2N7O7S. The third-order valence-corrected chi connectivity index (χ3v) is 12.9. The smallest absolute Gasteiger partial charge is 0.257 e. The Kier molecular flexibility index (Phi) is 18.4. The number of benzene rings is 3. The van der Waals surface area contributed by atoms with Gasteiger partial charge in [0, 0.05) is 55.5 Å². The lowest BCUT2D eigenvalue weighted by molar-refractivity contribution is -0.142. The Hall–Kier alpha value is -5.94. The summed E-state index contributed by atoms with van der Waals surface area (Å²) in [7, 11) is 0. The van der Waals surface area contributed by atoms with Crippen LogP contribution in [0, 0.1) is 17.6 Å². The average molecular weight is 930 g/mol. The van der Waals surface area contributed by atoms with E-state index in [0.717, 1.165) is 35.2 Å². The number of aromatic nitrogens is 1. The van der Waals surface area contributed by atoms with E-state index < -0.39 is 54.1 Å². The molecule has 5 amide bonds. The quantitative estimate of drug-likeness (QED) is 0.0696. The third-order valence-electron chi connectivity index (χ3n) is 12.0. The van der Waals surface area contributed by atoms with Crippen LogP contribution in [0.2, 0.25) is 0 Å². The minimum absolute atomic E-state index is 0.223. The van der Waals surface area contributed by atoms with Crippen molar-refractivity contribution in [2.75, 3.05) is 57.4 Å². The van der Waals surface area contributed by atoms with Crippen molar-refractivity contribution in [1.29, 1.82) is 0 Å². The van der Waals surface area contributed by atoms with E-state index in [-0.39, 0.29) is 35.0 Å². The second kappa shape index (κ2) is 24.5. The van der Waals surface area contributed by atoms with Crippen LogP contribution in [0.4, 0.5) is 13.9 Å². The van der Waals surface area contributed by atoms with Crippen molar-refractivity contribution < 1.29 is 42.2 Å². The summed E-state index contributed by atoms with van der Waals surface area (Å²) in [4.78, 5) is 75.5. The number of nitrogens with zero attached hydrogens (tertiary/aromatic N) is 3. The molecule has 354 valence electrons.